The quantitative estimate of drug-likeness (QED) is 0.916. The van der Waals surface area contributed by atoms with E-state index >= 15 is 0 Å². The zero-order valence-corrected chi connectivity index (χ0v) is 11.7. The van der Waals surface area contributed by atoms with E-state index in [9.17, 15) is 9.59 Å². The highest BCUT2D eigenvalue weighted by molar-refractivity contribution is 5.98. The summed E-state index contributed by atoms with van der Waals surface area (Å²) in [6, 6.07) is 1.47. The van der Waals surface area contributed by atoms with E-state index in [1.54, 1.807) is 0 Å². The van der Waals surface area contributed by atoms with E-state index in [1.807, 2.05) is 0 Å². The average Bonchev–Trinajstić information content (AvgIpc) is 3.13. The minimum atomic E-state index is -0.371. The predicted molar refractivity (Wildman–Crippen MR) is 75.5 cm³/mol. The van der Waals surface area contributed by atoms with Gasteiger partial charge >= 0.3 is 5.63 Å². The van der Waals surface area contributed by atoms with Gasteiger partial charge in [0.05, 0.1) is 5.56 Å². The molecule has 1 N–H and O–H groups in total. The molecule has 0 radical (unpaired) electrons. The highest BCUT2D eigenvalue weighted by Crippen LogP contribution is 2.44. The fourth-order valence-electron chi connectivity index (χ4n) is 3.16. The number of rotatable bonds is 4. The van der Waals surface area contributed by atoms with Crippen LogP contribution in [0.15, 0.2) is 27.6 Å². The van der Waals surface area contributed by atoms with Crippen molar-refractivity contribution in [2.75, 3.05) is 0 Å². The standard InChI is InChI=1S/C16H19NO3/c1-3-10-7-11(10)4-5-12-8-14(18)20-13-6-9(2)17-16(19)15(12)13/h8,10-11H,2-7H2,1H3,(H,17,19). The number of allylic oxidation sites excluding steroid dienone is 1. The van der Waals surface area contributed by atoms with Crippen molar-refractivity contribution < 1.29 is 9.21 Å². The summed E-state index contributed by atoms with van der Waals surface area (Å²) in [6.45, 7) is 5.95. The summed E-state index contributed by atoms with van der Waals surface area (Å²) in [5.41, 5.74) is 1.58. The van der Waals surface area contributed by atoms with Crippen molar-refractivity contribution >= 4 is 5.91 Å². The summed E-state index contributed by atoms with van der Waals surface area (Å²) in [5.74, 6) is 1.85. The zero-order valence-electron chi connectivity index (χ0n) is 11.7. The third-order valence-electron chi connectivity index (χ3n) is 4.39. The average molecular weight is 273 g/mol. The van der Waals surface area contributed by atoms with Crippen LogP contribution in [-0.4, -0.2) is 5.91 Å². The molecule has 1 aromatic rings. The fraction of sp³-hybridized carbons (Fsp3) is 0.500. The predicted octanol–water partition coefficient (Wildman–Crippen LogP) is 2.42. The maximum atomic E-state index is 12.1. The molecular formula is C16H19NO3. The first-order valence-corrected chi connectivity index (χ1v) is 7.23. The summed E-state index contributed by atoms with van der Waals surface area (Å²) in [4.78, 5) is 23.7. The van der Waals surface area contributed by atoms with Crippen molar-refractivity contribution in [3.05, 3.63) is 45.6 Å². The Morgan fingerprint density at radius 1 is 1.40 bits per heavy atom. The van der Waals surface area contributed by atoms with Crippen molar-refractivity contribution in [1.82, 2.24) is 5.32 Å². The number of hydrogen-bond acceptors (Lipinski definition) is 3. The van der Waals surface area contributed by atoms with Gasteiger partial charge in [-0.2, -0.15) is 0 Å². The van der Waals surface area contributed by atoms with E-state index in [1.165, 1.54) is 18.9 Å². The lowest BCUT2D eigenvalue weighted by Crippen LogP contribution is -2.32. The molecule has 2 heterocycles. The first-order chi connectivity index (χ1) is 9.58. The molecule has 1 aliphatic heterocycles. The highest BCUT2D eigenvalue weighted by atomic mass is 16.4. The minimum absolute atomic E-state index is 0.196. The first-order valence-electron chi connectivity index (χ1n) is 7.23. The van der Waals surface area contributed by atoms with Crippen LogP contribution in [0.5, 0.6) is 0 Å². The lowest BCUT2D eigenvalue weighted by atomic mass is 9.96. The Bertz CT molecular complexity index is 629. The van der Waals surface area contributed by atoms with E-state index in [4.69, 9.17) is 4.42 Å². The van der Waals surface area contributed by atoms with Gasteiger partial charge in [-0.1, -0.05) is 19.9 Å². The monoisotopic (exact) mass is 273 g/mol. The first kappa shape index (κ1) is 13.2. The molecule has 20 heavy (non-hydrogen) atoms. The minimum Gasteiger partial charge on any atom is -0.427 e. The smallest absolute Gasteiger partial charge is 0.336 e. The molecule has 1 aliphatic carbocycles. The van der Waals surface area contributed by atoms with Gasteiger partial charge in [0.1, 0.15) is 5.76 Å². The Labute approximate surface area is 117 Å². The Kier molecular flexibility index (Phi) is 3.24. The zero-order chi connectivity index (χ0) is 14.3. The molecule has 2 atom stereocenters. The third-order valence-corrected chi connectivity index (χ3v) is 4.39. The Hall–Kier alpha value is -1.84. The van der Waals surface area contributed by atoms with E-state index < -0.39 is 0 Å². The van der Waals surface area contributed by atoms with Gasteiger partial charge in [-0.05, 0) is 36.7 Å². The molecule has 1 fully saturated rings. The Balaban J connectivity index is 1.85. The second-order valence-corrected chi connectivity index (χ2v) is 5.83. The molecule has 1 amide bonds. The van der Waals surface area contributed by atoms with Gasteiger partial charge in [0.15, 0.2) is 0 Å². The second kappa shape index (κ2) is 4.93. The SMILES string of the molecule is C=C1Cc2oc(=O)cc(CCC3CC3CC)c2C(=O)N1. The molecule has 106 valence electrons. The number of carbonyl (C=O) groups is 1. The van der Waals surface area contributed by atoms with E-state index in [2.05, 4.69) is 18.8 Å². The molecule has 4 nitrogen and oxygen atoms in total. The van der Waals surface area contributed by atoms with Gasteiger partial charge in [-0.25, -0.2) is 4.79 Å². The number of aryl methyl sites for hydroxylation is 1. The summed E-state index contributed by atoms with van der Waals surface area (Å²) in [7, 11) is 0. The molecule has 0 bridgehead atoms. The molecule has 1 saturated carbocycles. The van der Waals surface area contributed by atoms with Gasteiger partial charge in [0.25, 0.3) is 5.91 Å². The van der Waals surface area contributed by atoms with Crippen LogP contribution in [0.4, 0.5) is 0 Å². The van der Waals surface area contributed by atoms with E-state index in [0.717, 1.165) is 30.2 Å². The lowest BCUT2D eigenvalue weighted by molar-refractivity contribution is 0.0952. The molecule has 4 heteroatoms. The molecule has 1 aromatic heterocycles. The fourth-order valence-corrected chi connectivity index (χ4v) is 3.16. The maximum absolute atomic E-state index is 12.1. The van der Waals surface area contributed by atoms with Crippen molar-refractivity contribution in [3.8, 4) is 0 Å². The number of amides is 1. The van der Waals surface area contributed by atoms with Crippen molar-refractivity contribution in [1.29, 1.82) is 0 Å². The van der Waals surface area contributed by atoms with Crippen LogP contribution in [0, 0.1) is 11.8 Å². The molecular weight excluding hydrogens is 254 g/mol. The number of hydrogen-bond donors (Lipinski definition) is 1. The highest BCUT2D eigenvalue weighted by Gasteiger charge is 2.35. The Morgan fingerprint density at radius 3 is 2.90 bits per heavy atom. The summed E-state index contributed by atoms with van der Waals surface area (Å²) < 4.78 is 5.17. The van der Waals surface area contributed by atoms with Crippen LogP contribution in [0.1, 0.15) is 47.9 Å². The van der Waals surface area contributed by atoms with Gasteiger partial charge in [0.2, 0.25) is 0 Å². The van der Waals surface area contributed by atoms with Gasteiger partial charge < -0.3 is 9.73 Å². The van der Waals surface area contributed by atoms with Crippen LogP contribution in [0.3, 0.4) is 0 Å². The van der Waals surface area contributed by atoms with Crippen LogP contribution in [-0.2, 0) is 12.8 Å². The van der Waals surface area contributed by atoms with Gasteiger partial charge in [-0.15, -0.1) is 0 Å². The number of nitrogens with one attached hydrogen (secondary N) is 1. The van der Waals surface area contributed by atoms with Crippen LogP contribution in [0.25, 0.3) is 0 Å². The largest absolute Gasteiger partial charge is 0.427 e. The summed E-state index contributed by atoms with van der Waals surface area (Å²) >= 11 is 0. The van der Waals surface area contributed by atoms with Crippen molar-refractivity contribution in [2.24, 2.45) is 11.8 Å². The Morgan fingerprint density at radius 2 is 2.20 bits per heavy atom. The molecule has 0 aromatic carbocycles. The molecule has 0 spiro atoms. The van der Waals surface area contributed by atoms with Crippen LogP contribution < -0.4 is 10.9 Å². The summed E-state index contributed by atoms with van der Waals surface area (Å²) in [5, 5.41) is 2.72. The van der Waals surface area contributed by atoms with Crippen molar-refractivity contribution in [2.45, 2.75) is 39.0 Å². The van der Waals surface area contributed by atoms with E-state index in [-0.39, 0.29) is 11.5 Å². The van der Waals surface area contributed by atoms with E-state index in [0.29, 0.717) is 23.4 Å². The van der Waals surface area contributed by atoms with Gasteiger partial charge in [-0.3, -0.25) is 4.79 Å². The second-order valence-electron chi connectivity index (χ2n) is 5.83. The molecule has 2 unspecified atom stereocenters. The number of carbonyl (C=O) groups excluding carboxylic acids is 1. The topological polar surface area (TPSA) is 59.3 Å². The molecule has 0 saturated heterocycles. The number of fused-ring (bicyclic) bond motifs is 1. The van der Waals surface area contributed by atoms with Crippen LogP contribution >= 0.6 is 0 Å². The molecule has 3 rings (SSSR count). The lowest BCUT2D eigenvalue weighted by Gasteiger charge is -2.19. The van der Waals surface area contributed by atoms with Crippen molar-refractivity contribution in [3.63, 3.8) is 0 Å². The molecule has 2 aliphatic rings. The van der Waals surface area contributed by atoms with Gasteiger partial charge in [0, 0.05) is 18.2 Å². The third kappa shape index (κ3) is 2.42. The van der Waals surface area contributed by atoms with Crippen LogP contribution in [0.2, 0.25) is 0 Å². The normalized spacial score (nSPS) is 24.2. The summed E-state index contributed by atoms with van der Waals surface area (Å²) in [6.07, 6.45) is 4.73. The maximum Gasteiger partial charge on any atom is 0.336 e.